The van der Waals surface area contributed by atoms with Gasteiger partial charge in [0.2, 0.25) is 0 Å². The Bertz CT molecular complexity index is 214. The van der Waals surface area contributed by atoms with E-state index in [1.807, 2.05) is 6.92 Å². The van der Waals surface area contributed by atoms with Crippen LogP contribution in [0.15, 0.2) is 12.5 Å². The van der Waals surface area contributed by atoms with Crippen LogP contribution in [-0.2, 0) is 0 Å². The number of hydrogen-bond donors (Lipinski definition) is 1. The Morgan fingerprint density at radius 3 is 3.10 bits per heavy atom. The quantitative estimate of drug-likeness (QED) is 0.663. The summed E-state index contributed by atoms with van der Waals surface area (Å²) in [5, 5.41) is 3.49. The molecule has 0 aliphatic carbocycles. The summed E-state index contributed by atoms with van der Waals surface area (Å²) in [6.07, 6.45) is 3.07. The van der Waals surface area contributed by atoms with Crippen LogP contribution in [-0.4, -0.2) is 16.5 Å². The molecule has 1 rings (SSSR count). The highest BCUT2D eigenvalue weighted by Gasteiger charge is 1.96. The van der Waals surface area contributed by atoms with Crippen molar-refractivity contribution < 1.29 is 0 Å². The van der Waals surface area contributed by atoms with Crippen LogP contribution in [0.5, 0.6) is 0 Å². The lowest BCUT2D eigenvalue weighted by atomic mass is 10.5. The first kappa shape index (κ1) is 7.28. The molecule has 0 amide bonds. The molecule has 0 fully saturated rings. The molecule has 0 bridgehead atoms. The first-order valence-corrected chi connectivity index (χ1v) is 3.41. The van der Waals surface area contributed by atoms with E-state index in [2.05, 4.69) is 15.3 Å². The molecule has 54 valence electrons. The van der Waals surface area contributed by atoms with Crippen molar-refractivity contribution in [1.82, 2.24) is 9.97 Å². The SMILES string of the molecule is CCNc1cncnc1Cl. The van der Waals surface area contributed by atoms with Crippen LogP contribution < -0.4 is 5.32 Å². The molecule has 0 aromatic carbocycles. The van der Waals surface area contributed by atoms with Crippen LogP contribution in [0.2, 0.25) is 5.15 Å². The molecule has 0 aliphatic rings. The van der Waals surface area contributed by atoms with Gasteiger partial charge in [0.15, 0.2) is 5.15 Å². The second-order valence-corrected chi connectivity index (χ2v) is 2.12. The average Bonchev–Trinajstić information content (AvgIpc) is 1.94. The highest BCUT2D eigenvalue weighted by Crippen LogP contribution is 2.14. The zero-order valence-corrected chi connectivity index (χ0v) is 6.39. The molecule has 0 radical (unpaired) electrons. The molecule has 1 aromatic rings. The molecule has 0 saturated carbocycles. The maximum atomic E-state index is 5.69. The van der Waals surface area contributed by atoms with Crippen molar-refractivity contribution in [3.8, 4) is 0 Å². The van der Waals surface area contributed by atoms with E-state index in [4.69, 9.17) is 11.6 Å². The minimum atomic E-state index is 0.469. The number of rotatable bonds is 2. The van der Waals surface area contributed by atoms with E-state index in [0.29, 0.717) is 5.15 Å². The van der Waals surface area contributed by atoms with E-state index in [0.717, 1.165) is 12.2 Å². The molecule has 0 spiro atoms. The summed E-state index contributed by atoms with van der Waals surface area (Å²) in [7, 11) is 0. The van der Waals surface area contributed by atoms with Gasteiger partial charge in [0, 0.05) is 6.54 Å². The van der Waals surface area contributed by atoms with Crippen molar-refractivity contribution >= 4 is 17.3 Å². The summed E-state index contributed by atoms with van der Waals surface area (Å²) in [6, 6.07) is 0. The van der Waals surface area contributed by atoms with Gasteiger partial charge in [-0.2, -0.15) is 0 Å². The van der Waals surface area contributed by atoms with E-state index < -0.39 is 0 Å². The standard InChI is InChI=1S/C6H8ClN3/c1-2-9-5-3-8-4-10-6(5)7/h3-4,9H,2H2,1H3. The summed E-state index contributed by atoms with van der Waals surface area (Å²) >= 11 is 5.69. The number of nitrogens with zero attached hydrogens (tertiary/aromatic N) is 2. The van der Waals surface area contributed by atoms with Gasteiger partial charge in [-0.25, -0.2) is 9.97 Å². The van der Waals surface area contributed by atoms with Crippen molar-refractivity contribution in [1.29, 1.82) is 0 Å². The van der Waals surface area contributed by atoms with Crippen LogP contribution in [0.3, 0.4) is 0 Å². The van der Waals surface area contributed by atoms with Crippen molar-refractivity contribution in [3.63, 3.8) is 0 Å². The number of nitrogens with one attached hydrogen (secondary N) is 1. The maximum absolute atomic E-state index is 5.69. The third-order valence-corrected chi connectivity index (χ3v) is 1.33. The first-order valence-electron chi connectivity index (χ1n) is 3.04. The summed E-state index contributed by atoms with van der Waals surface area (Å²) in [4.78, 5) is 7.60. The lowest BCUT2D eigenvalue weighted by Gasteiger charge is -2.01. The fraction of sp³-hybridized carbons (Fsp3) is 0.333. The van der Waals surface area contributed by atoms with E-state index in [1.165, 1.54) is 6.33 Å². The molecule has 3 nitrogen and oxygen atoms in total. The van der Waals surface area contributed by atoms with Crippen LogP contribution in [0, 0.1) is 0 Å². The molecule has 0 aliphatic heterocycles. The summed E-state index contributed by atoms with van der Waals surface area (Å²) < 4.78 is 0. The van der Waals surface area contributed by atoms with Gasteiger partial charge in [0.1, 0.15) is 6.33 Å². The molecular weight excluding hydrogens is 150 g/mol. The Morgan fingerprint density at radius 1 is 1.70 bits per heavy atom. The molecule has 0 unspecified atom stereocenters. The molecule has 10 heavy (non-hydrogen) atoms. The van der Waals surface area contributed by atoms with E-state index in [-0.39, 0.29) is 0 Å². The van der Waals surface area contributed by atoms with Gasteiger partial charge in [-0.3, -0.25) is 0 Å². The Hall–Kier alpha value is -0.830. The van der Waals surface area contributed by atoms with Crippen LogP contribution in [0.4, 0.5) is 5.69 Å². The lowest BCUT2D eigenvalue weighted by Crippen LogP contribution is -1.98. The Morgan fingerprint density at radius 2 is 2.50 bits per heavy atom. The zero-order valence-electron chi connectivity index (χ0n) is 5.63. The predicted octanol–water partition coefficient (Wildman–Crippen LogP) is 1.56. The van der Waals surface area contributed by atoms with Gasteiger partial charge in [0.05, 0.1) is 11.9 Å². The minimum Gasteiger partial charge on any atom is -0.382 e. The minimum absolute atomic E-state index is 0.469. The van der Waals surface area contributed by atoms with Crippen molar-refractivity contribution in [3.05, 3.63) is 17.7 Å². The van der Waals surface area contributed by atoms with Crippen molar-refractivity contribution in [2.24, 2.45) is 0 Å². The lowest BCUT2D eigenvalue weighted by molar-refractivity contribution is 1.13. The van der Waals surface area contributed by atoms with Gasteiger partial charge in [-0.1, -0.05) is 11.6 Å². The van der Waals surface area contributed by atoms with Gasteiger partial charge < -0.3 is 5.32 Å². The number of aromatic nitrogens is 2. The molecule has 1 heterocycles. The predicted molar refractivity (Wildman–Crippen MR) is 41.2 cm³/mol. The van der Waals surface area contributed by atoms with Gasteiger partial charge in [-0.05, 0) is 6.92 Å². The summed E-state index contributed by atoms with van der Waals surface area (Å²) in [5.41, 5.74) is 0.784. The van der Waals surface area contributed by atoms with Crippen molar-refractivity contribution in [2.75, 3.05) is 11.9 Å². The molecule has 0 saturated heterocycles. The maximum Gasteiger partial charge on any atom is 0.155 e. The van der Waals surface area contributed by atoms with E-state index in [9.17, 15) is 0 Å². The zero-order chi connectivity index (χ0) is 7.40. The fourth-order valence-corrected chi connectivity index (χ4v) is 0.783. The molecule has 1 aromatic heterocycles. The Labute approximate surface area is 64.5 Å². The van der Waals surface area contributed by atoms with Gasteiger partial charge in [0.25, 0.3) is 0 Å². The van der Waals surface area contributed by atoms with Crippen LogP contribution in [0.25, 0.3) is 0 Å². The van der Waals surface area contributed by atoms with Gasteiger partial charge in [-0.15, -0.1) is 0 Å². The third kappa shape index (κ3) is 1.57. The smallest absolute Gasteiger partial charge is 0.155 e. The van der Waals surface area contributed by atoms with E-state index in [1.54, 1.807) is 6.20 Å². The third-order valence-electron chi connectivity index (χ3n) is 1.03. The normalized spacial score (nSPS) is 9.40. The molecule has 1 N–H and O–H groups in total. The first-order chi connectivity index (χ1) is 4.84. The second-order valence-electron chi connectivity index (χ2n) is 1.76. The number of hydrogen-bond acceptors (Lipinski definition) is 3. The van der Waals surface area contributed by atoms with Crippen LogP contribution >= 0.6 is 11.6 Å². The summed E-state index contributed by atoms with van der Waals surface area (Å²) in [5.74, 6) is 0. The second kappa shape index (κ2) is 3.37. The fourth-order valence-electron chi connectivity index (χ4n) is 0.624. The number of anilines is 1. The Balaban J connectivity index is 2.81. The number of halogens is 1. The molecule has 4 heteroatoms. The monoisotopic (exact) mass is 157 g/mol. The largest absolute Gasteiger partial charge is 0.382 e. The highest BCUT2D eigenvalue weighted by molar-refractivity contribution is 6.31. The summed E-state index contributed by atoms with van der Waals surface area (Å²) in [6.45, 7) is 2.82. The van der Waals surface area contributed by atoms with Crippen LogP contribution in [0.1, 0.15) is 6.92 Å². The Kier molecular flexibility index (Phi) is 2.45. The average molecular weight is 158 g/mol. The van der Waals surface area contributed by atoms with E-state index >= 15 is 0 Å². The topological polar surface area (TPSA) is 37.8 Å². The van der Waals surface area contributed by atoms with Crippen molar-refractivity contribution in [2.45, 2.75) is 6.92 Å². The van der Waals surface area contributed by atoms with Gasteiger partial charge >= 0.3 is 0 Å². The molecular formula is C6H8ClN3. The molecule has 0 atom stereocenters. The highest BCUT2D eigenvalue weighted by atomic mass is 35.5.